The second-order valence-corrected chi connectivity index (χ2v) is 8.25. The smallest absolute Gasteiger partial charge is 0.242 e. The van der Waals surface area contributed by atoms with Crippen LogP contribution in [-0.2, 0) is 4.79 Å². The number of aromatic nitrogens is 1. The zero-order valence-electron chi connectivity index (χ0n) is 14.1. The third kappa shape index (κ3) is 3.24. The van der Waals surface area contributed by atoms with Crippen molar-refractivity contribution in [3.8, 4) is 5.88 Å². The fourth-order valence-electron chi connectivity index (χ4n) is 3.44. The molecular formula is C19H19N3O2S2. The molecule has 0 atom stereocenters. The lowest BCUT2D eigenvalue weighted by Crippen LogP contribution is -2.30. The molecule has 4 rings (SSSR count). The lowest BCUT2D eigenvalue weighted by Gasteiger charge is -2.21. The van der Waals surface area contributed by atoms with E-state index in [9.17, 15) is 9.90 Å². The quantitative estimate of drug-likeness (QED) is 0.739. The average Bonchev–Trinajstić information content (AvgIpc) is 3.19. The van der Waals surface area contributed by atoms with Crippen molar-refractivity contribution in [3.63, 3.8) is 0 Å². The molecule has 7 heteroatoms. The van der Waals surface area contributed by atoms with Gasteiger partial charge in [-0.1, -0.05) is 48.8 Å². The van der Waals surface area contributed by atoms with Gasteiger partial charge in [0.2, 0.25) is 11.8 Å². The number of benzene rings is 1. The van der Waals surface area contributed by atoms with E-state index in [4.69, 9.17) is 12.2 Å². The lowest BCUT2D eigenvalue weighted by molar-refractivity contribution is -0.121. The summed E-state index contributed by atoms with van der Waals surface area (Å²) in [5.74, 6) is -0.101. The number of aromatic hydroxyl groups is 1. The molecule has 134 valence electrons. The molecule has 0 unspecified atom stereocenters. The van der Waals surface area contributed by atoms with Crippen LogP contribution in [-0.4, -0.2) is 21.9 Å². The number of carbonyl (C=O) groups excluding carboxylic acids is 1. The maximum atomic E-state index is 12.5. The number of hydrogen-bond acceptors (Lipinski definition) is 5. The van der Waals surface area contributed by atoms with Gasteiger partial charge in [-0.15, -0.1) is 0 Å². The minimum absolute atomic E-state index is 0.000553. The molecule has 1 fully saturated rings. The van der Waals surface area contributed by atoms with Crippen LogP contribution in [0.2, 0.25) is 0 Å². The first-order valence-electron chi connectivity index (χ1n) is 8.74. The Hall–Kier alpha value is -2.25. The number of amides is 1. The van der Waals surface area contributed by atoms with E-state index in [1.165, 1.54) is 22.4 Å². The number of aliphatic imine (C=N–C) groups is 1. The van der Waals surface area contributed by atoms with Gasteiger partial charge in [0.15, 0.2) is 3.95 Å². The van der Waals surface area contributed by atoms with Crippen molar-refractivity contribution < 1.29 is 9.90 Å². The Bertz CT molecular complexity index is 965. The summed E-state index contributed by atoms with van der Waals surface area (Å²) >= 11 is 6.61. The van der Waals surface area contributed by atoms with Gasteiger partial charge in [0.25, 0.3) is 0 Å². The molecule has 2 aromatic rings. The van der Waals surface area contributed by atoms with Crippen molar-refractivity contribution in [2.75, 3.05) is 5.43 Å². The summed E-state index contributed by atoms with van der Waals surface area (Å²) < 4.78 is 1.74. The van der Waals surface area contributed by atoms with Gasteiger partial charge in [-0.05, 0) is 37.2 Å². The van der Waals surface area contributed by atoms with Crippen molar-refractivity contribution in [2.24, 2.45) is 10.9 Å². The summed E-state index contributed by atoms with van der Waals surface area (Å²) in [7, 11) is 0. The van der Waals surface area contributed by atoms with E-state index in [2.05, 4.69) is 10.4 Å². The molecule has 1 aromatic carbocycles. The van der Waals surface area contributed by atoms with Gasteiger partial charge in [-0.3, -0.25) is 15.2 Å². The molecule has 26 heavy (non-hydrogen) atoms. The zero-order chi connectivity index (χ0) is 18.1. The number of fused-ring (bicyclic) bond motifs is 1. The fraction of sp³-hybridized carbons (Fsp3) is 0.316. The molecule has 0 saturated heterocycles. The van der Waals surface area contributed by atoms with Crippen molar-refractivity contribution in [1.29, 1.82) is 0 Å². The van der Waals surface area contributed by atoms with Crippen molar-refractivity contribution in [2.45, 2.75) is 32.1 Å². The Morgan fingerprint density at radius 3 is 2.88 bits per heavy atom. The molecule has 1 aromatic heterocycles. The standard InChI is InChI=1S/C19H19N3O2S2/c23-17(12-6-2-1-3-7-12)21-22-18(24)16(26-19(22)25)10-13-11-20-15-9-5-4-8-14(13)15/h4-5,8-12,24H,1-3,6-7H2,(H,21,23)/b13-10-. The van der Waals surface area contributed by atoms with Crippen LogP contribution < -0.4 is 5.43 Å². The number of thiazole rings is 1. The zero-order valence-corrected chi connectivity index (χ0v) is 15.8. The van der Waals surface area contributed by atoms with E-state index in [1.807, 2.05) is 30.3 Å². The fourth-order valence-corrected chi connectivity index (χ4v) is 4.62. The van der Waals surface area contributed by atoms with Crippen LogP contribution in [0.1, 0.15) is 42.5 Å². The molecule has 1 saturated carbocycles. The molecule has 0 radical (unpaired) electrons. The predicted molar refractivity (Wildman–Crippen MR) is 108 cm³/mol. The predicted octanol–water partition coefficient (Wildman–Crippen LogP) is 4.89. The Morgan fingerprint density at radius 2 is 2.08 bits per heavy atom. The summed E-state index contributed by atoms with van der Waals surface area (Å²) in [5.41, 5.74) is 5.63. The van der Waals surface area contributed by atoms with E-state index in [0.717, 1.165) is 42.5 Å². The number of carbonyl (C=O) groups is 1. The number of para-hydroxylation sites is 1. The highest BCUT2D eigenvalue weighted by Gasteiger charge is 2.23. The van der Waals surface area contributed by atoms with Crippen LogP contribution in [0.25, 0.3) is 11.6 Å². The summed E-state index contributed by atoms with van der Waals surface area (Å²) in [6.45, 7) is 0. The van der Waals surface area contributed by atoms with Crippen LogP contribution in [0.3, 0.4) is 0 Å². The monoisotopic (exact) mass is 385 g/mol. The molecule has 2 N–H and O–H groups in total. The van der Waals surface area contributed by atoms with Crippen LogP contribution in [0.5, 0.6) is 5.88 Å². The first-order valence-corrected chi connectivity index (χ1v) is 9.97. The van der Waals surface area contributed by atoms with Gasteiger partial charge in [0.05, 0.1) is 10.6 Å². The van der Waals surface area contributed by atoms with Crippen LogP contribution in [0.15, 0.2) is 29.3 Å². The largest absolute Gasteiger partial charge is 0.492 e. The number of allylic oxidation sites excluding steroid dienone is 1. The second kappa shape index (κ2) is 7.17. The topological polar surface area (TPSA) is 66.6 Å². The lowest BCUT2D eigenvalue weighted by atomic mass is 9.89. The molecular weight excluding hydrogens is 366 g/mol. The van der Waals surface area contributed by atoms with Crippen LogP contribution >= 0.6 is 23.6 Å². The van der Waals surface area contributed by atoms with Gasteiger partial charge in [-0.2, -0.15) is 4.68 Å². The summed E-state index contributed by atoms with van der Waals surface area (Å²) in [5, 5.41) is 10.6. The molecule has 0 spiro atoms. The van der Waals surface area contributed by atoms with Crippen molar-refractivity contribution in [1.82, 2.24) is 4.68 Å². The van der Waals surface area contributed by atoms with Gasteiger partial charge < -0.3 is 5.11 Å². The van der Waals surface area contributed by atoms with Crippen molar-refractivity contribution >= 4 is 53.0 Å². The molecule has 5 nitrogen and oxygen atoms in total. The van der Waals surface area contributed by atoms with Crippen LogP contribution in [0, 0.1) is 9.87 Å². The minimum Gasteiger partial charge on any atom is -0.492 e. The van der Waals surface area contributed by atoms with E-state index < -0.39 is 0 Å². The Kier molecular flexibility index (Phi) is 4.74. The first-order chi connectivity index (χ1) is 12.6. The van der Waals surface area contributed by atoms with Gasteiger partial charge >= 0.3 is 0 Å². The van der Waals surface area contributed by atoms with Crippen molar-refractivity contribution in [3.05, 3.63) is 38.7 Å². The van der Waals surface area contributed by atoms with E-state index in [1.54, 1.807) is 6.21 Å². The summed E-state index contributed by atoms with van der Waals surface area (Å²) in [4.78, 5) is 17.4. The van der Waals surface area contributed by atoms with E-state index in [0.29, 0.717) is 8.83 Å². The van der Waals surface area contributed by atoms with Gasteiger partial charge in [0.1, 0.15) is 0 Å². The number of nitrogens with one attached hydrogen (secondary N) is 1. The first kappa shape index (κ1) is 17.2. The highest BCUT2D eigenvalue weighted by molar-refractivity contribution is 7.73. The molecule has 0 bridgehead atoms. The minimum atomic E-state index is -0.0686. The molecule has 1 aliphatic carbocycles. The van der Waals surface area contributed by atoms with E-state index >= 15 is 0 Å². The Balaban J connectivity index is 1.60. The molecule has 1 amide bonds. The number of rotatable bonds is 3. The second-order valence-electron chi connectivity index (χ2n) is 6.58. The van der Waals surface area contributed by atoms with Gasteiger partial charge in [0, 0.05) is 23.3 Å². The van der Waals surface area contributed by atoms with Crippen LogP contribution in [0.4, 0.5) is 5.69 Å². The van der Waals surface area contributed by atoms with E-state index in [-0.39, 0.29) is 17.7 Å². The summed E-state index contributed by atoms with van der Waals surface area (Å²) in [6.07, 6.45) is 8.77. The Morgan fingerprint density at radius 1 is 1.31 bits per heavy atom. The summed E-state index contributed by atoms with van der Waals surface area (Å²) in [6, 6.07) is 7.84. The number of nitrogens with zero attached hydrogens (tertiary/aromatic N) is 2. The molecule has 1 aliphatic heterocycles. The molecule has 2 aliphatic rings. The third-order valence-corrected chi connectivity index (χ3v) is 6.16. The number of hydrogen-bond donors (Lipinski definition) is 2. The normalized spacial score (nSPS) is 18.2. The third-order valence-electron chi connectivity index (χ3n) is 4.85. The Labute approximate surface area is 160 Å². The highest BCUT2D eigenvalue weighted by Crippen LogP contribution is 2.35. The van der Waals surface area contributed by atoms with Gasteiger partial charge in [-0.25, -0.2) is 0 Å². The maximum absolute atomic E-state index is 12.5. The highest BCUT2D eigenvalue weighted by atomic mass is 32.1. The molecule has 2 heterocycles. The SMILES string of the molecule is O=C(Nn1c(O)c(/C=C2/C=Nc3ccccc32)sc1=S)C1CCCCC1. The maximum Gasteiger partial charge on any atom is 0.242 e. The average molecular weight is 386 g/mol.